The molecule has 32 heavy (non-hydrogen) atoms. The molecule has 3 aromatic rings. The number of sulfonamides is 2. The maximum atomic E-state index is 12.9. The Bertz CT molecular complexity index is 1310. The SMILES string of the molecule is NS(=O)(=O)c1ccc(S(=O)(=O)N2CCN(C(=O)c3ccc(-n4cccn4)cc3)CC2)cc1. The molecule has 0 atom stereocenters. The van der Waals surface area contributed by atoms with Crippen LogP contribution in [0.4, 0.5) is 0 Å². The summed E-state index contributed by atoms with van der Waals surface area (Å²) < 4.78 is 51.5. The van der Waals surface area contributed by atoms with Crippen molar-refractivity contribution < 1.29 is 21.6 Å². The van der Waals surface area contributed by atoms with Crippen molar-refractivity contribution in [3.05, 3.63) is 72.6 Å². The van der Waals surface area contributed by atoms with Crippen LogP contribution < -0.4 is 5.14 Å². The van der Waals surface area contributed by atoms with Crippen LogP contribution in [0.15, 0.2) is 76.8 Å². The number of rotatable bonds is 5. The zero-order valence-electron chi connectivity index (χ0n) is 16.9. The van der Waals surface area contributed by atoms with E-state index in [9.17, 15) is 21.6 Å². The molecule has 1 aliphatic heterocycles. The van der Waals surface area contributed by atoms with Crippen LogP contribution >= 0.6 is 0 Å². The van der Waals surface area contributed by atoms with E-state index in [1.807, 2.05) is 0 Å². The van der Waals surface area contributed by atoms with E-state index in [0.29, 0.717) is 5.56 Å². The Balaban J connectivity index is 1.41. The molecular weight excluding hydrogens is 454 g/mol. The van der Waals surface area contributed by atoms with Crippen molar-refractivity contribution in [1.29, 1.82) is 0 Å². The number of primary sulfonamides is 1. The zero-order chi connectivity index (χ0) is 22.9. The van der Waals surface area contributed by atoms with Gasteiger partial charge in [0.1, 0.15) is 0 Å². The molecule has 0 saturated carbocycles. The van der Waals surface area contributed by atoms with Crippen LogP contribution in [0.1, 0.15) is 10.4 Å². The van der Waals surface area contributed by atoms with Crippen LogP contribution in [0.2, 0.25) is 0 Å². The lowest BCUT2D eigenvalue weighted by molar-refractivity contribution is 0.0698. The molecule has 0 spiro atoms. The number of aromatic nitrogens is 2. The number of carbonyl (C=O) groups is 1. The van der Waals surface area contributed by atoms with Gasteiger partial charge < -0.3 is 4.90 Å². The molecule has 0 bridgehead atoms. The Morgan fingerprint density at radius 3 is 1.97 bits per heavy atom. The molecule has 12 heteroatoms. The van der Waals surface area contributed by atoms with Gasteiger partial charge in [-0.1, -0.05) is 0 Å². The van der Waals surface area contributed by atoms with Crippen LogP contribution in [0, 0.1) is 0 Å². The summed E-state index contributed by atoms with van der Waals surface area (Å²) >= 11 is 0. The molecule has 0 radical (unpaired) electrons. The fourth-order valence-electron chi connectivity index (χ4n) is 3.44. The molecule has 168 valence electrons. The van der Waals surface area contributed by atoms with Crippen molar-refractivity contribution in [3.63, 3.8) is 0 Å². The standard InChI is InChI=1S/C20H21N5O5S2/c21-31(27,28)18-6-8-19(9-7-18)32(29,30)24-14-12-23(13-15-24)20(26)16-2-4-17(5-3-16)25-11-1-10-22-25/h1-11H,12-15H2,(H2,21,27,28). The quantitative estimate of drug-likeness (QED) is 0.576. The lowest BCUT2D eigenvalue weighted by atomic mass is 10.1. The Hall–Kier alpha value is -3.06. The summed E-state index contributed by atoms with van der Waals surface area (Å²) in [5, 5.41) is 9.20. The molecule has 0 unspecified atom stereocenters. The van der Waals surface area contributed by atoms with Crippen LogP contribution in [-0.4, -0.2) is 67.9 Å². The topological polar surface area (TPSA) is 136 Å². The Labute approximate surface area is 186 Å². The van der Waals surface area contributed by atoms with Gasteiger partial charge in [-0.2, -0.15) is 9.40 Å². The average Bonchev–Trinajstić information content (AvgIpc) is 3.33. The smallest absolute Gasteiger partial charge is 0.253 e. The van der Waals surface area contributed by atoms with Crippen molar-refractivity contribution >= 4 is 26.0 Å². The molecule has 2 aromatic carbocycles. The summed E-state index contributed by atoms with van der Waals surface area (Å²) in [5.41, 5.74) is 1.34. The van der Waals surface area contributed by atoms with Gasteiger partial charge in [0, 0.05) is 44.1 Å². The third-order valence-corrected chi connectivity index (χ3v) is 8.04. The Kier molecular flexibility index (Phi) is 5.86. The second-order valence-electron chi connectivity index (χ2n) is 7.21. The predicted molar refractivity (Wildman–Crippen MR) is 116 cm³/mol. The van der Waals surface area contributed by atoms with Gasteiger partial charge in [0.25, 0.3) is 5.91 Å². The van der Waals surface area contributed by atoms with Gasteiger partial charge in [-0.3, -0.25) is 4.79 Å². The lowest BCUT2D eigenvalue weighted by Gasteiger charge is -2.34. The maximum Gasteiger partial charge on any atom is 0.253 e. The zero-order valence-corrected chi connectivity index (χ0v) is 18.5. The first-order valence-corrected chi connectivity index (χ1v) is 12.7. The van der Waals surface area contributed by atoms with Crippen molar-refractivity contribution in [1.82, 2.24) is 19.0 Å². The van der Waals surface area contributed by atoms with Crippen LogP contribution in [0.3, 0.4) is 0 Å². The number of hydrogen-bond donors (Lipinski definition) is 1. The van der Waals surface area contributed by atoms with Crippen molar-refractivity contribution in [2.75, 3.05) is 26.2 Å². The fraction of sp³-hybridized carbons (Fsp3) is 0.200. The van der Waals surface area contributed by atoms with Crippen LogP contribution in [0.5, 0.6) is 0 Å². The normalized spacial score (nSPS) is 15.6. The summed E-state index contributed by atoms with van der Waals surface area (Å²) in [6, 6.07) is 13.6. The molecule has 4 rings (SSSR count). The number of amides is 1. The highest BCUT2D eigenvalue weighted by Gasteiger charge is 2.30. The molecule has 1 fully saturated rings. The highest BCUT2D eigenvalue weighted by molar-refractivity contribution is 7.89. The number of hydrogen-bond acceptors (Lipinski definition) is 6. The second kappa shape index (κ2) is 8.47. The summed E-state index contributed by atoms with van der Waals surface area (Å²) in [6.07, 6.45) is 3.47. The second-order valence-corrected chi connectivity index (χ2v) is 10.7. The summed E-state index contributed by atoms with van der Waals surface area (Å²) in [6.45, 7) is 0.759. The first-order valence-electron chi connectivity index (χ1n) is 9.69. The van der Waals surface area contributed by atoms with Gasteiger partial charge in [0.05, 0.1) is 15.5 Å². The molecule has 1 aliphatic rings. The van der Waals surface area contributed by atoms with Gasteiger partial charge in [-0.15, -0.1) is 0 Å². The Morgan fingerprint density at radius 2 is 1.44 bits per heavy atom. The molecule has 0 aliphatic carbocycles. The highest BCUT2D eigenvalue weighted by Crippen LogP contribution is 2.20. The van der Waals surface area contributed by atoms with Crippen LogP contribution in [-0.2, 0) is 20.0 Å². The molecule has 2 N–H and O–H groups in total. The van der Waals surface area contributed by atoms with Gasteiger partial charge >= 0.3 is 0 Å². The largest absolute Gasteiger partial charge is 0.336 e. The van der Waals surface area contributed by atoms with Gasteiger partial charge in [-0.05, 0) is 54.6 Å². The minimum absolute atomic E-state index is 0.0288. The number of benzene rings is 2. The van der Waals surface area contributed by atoms with Crippen molar-refractivity contribution in [2.45, 2.75) is 9.79 Å². The molecular formula is C20H21N5O5S2. The third kappa shape index (κ3) is 4.43. The monoisotopic (exact) mass is 475 g/mol. The summed E-state index contributed by atoms with van der Waals surface area (Å²) in [7, 11) is -7.72. The number of nitrogens with two attached hydrogens (primary N) is 1. The average molecular weight is 476 g/mol. The van der Waals surface area contributed by atoms with Gasteiger partial charge in [0.15, 0.2) is 0 Å². The molecule has 10 nitrogen and oxygen atoms in total. The molecule has 1 amide bonds. The summed E-state index contributed by atoms with van der Waals surface area (Å²) in [4.78, 5) is 14.2. The molecule has 1 aromatic heterocycles. The van der Waals surface area contributed by atoms with Gasteiger partial charge in [-0.25, -0.2) is 26.7 Å². The fourth-order valence-corrected chi connectivity index (χ4v) is 5.38. The maximum absolute atomic E-state index is 12.9. The van der Waals surface area contributed by atoms with E-state index in [1.54, 1.807) is 52.3 Å². The van der Waals surface area contributed by atoms with E-state index in [1.165, 1.54) is 16.4 Å². The lowest BCUT2D eigenvalue weighted by Crippen LogP contribution is -2.50. The van der Waals surface area contributed by atoms with Crippen molar-refractivity contribution in [3.8, 4) is 5.69 Å². The van der Waals surface area contributed by atoms with Crippen LogP contribution in [0.25, 0.3) is 5.69 Å². The van der Waals surface area contributed by atoms with E-state index in [0.717, 1.165) is 17.8 Å². The van der Waals surface area contributed by atoms with Gasteiger partial charge in [0.2, 0.25) is 20.0 Å². The minimum atomic E-state index is -3.91. The first-order chi connectivity index (χ1) is 15.2. The van der Waals surface area contributed by atoms with E-state index >= 15 is 0 Å². The predicted octanol–water partition coefficient (Wildman–Crippen LogP) is 0.666. The number of nitrogens with zero attached hydrogens (tertiary/aromatic N) is 4. The van der Waals surface area contributed by atoms with E-state index in [-0.39, 0.29) is 41.9 Å². The first kappa shape index (κ1) is 22.1. The van der Waals surface area contributed by atoms with E-state index in [4.69, 9.17) is 5.14 Å². The minimum Gasteiger partial charge on any atom is -0.336 e. The number of carbonyl (C=O) groups excluding carboxylic acids is 1. The summed E-state index contributed by atoms with van der Waals surface area (Å²) in [5.74, 6) is -0.174. The highest BCUT2D eigenvalue weighted by atomic mass is 32.2. The van der Waals surface area contributed by atoms with Crippen molar-refractivity contribution in [2.24, 2.45) is 5.14 Å². The Morgan fingerprint density at radius 1 is 0.844 bits per heavy atom. The number of piperazine rings is 1. The van der Waals surface area contributed by atoms with E-state index < -0.39 is 20.0 Å². The molecule has 1 saturated heterocycles. The van der Waals surface area contributed by atoms with E-state index in [2.05, 4.69) is 5.10 Å². The third-order valence-electron chi connectivity index (χ3n) is 5.20. The molecule has 2 heterocycles.